The molecule has 0 unspecified atom stereocenters. The molecular formula is C28H30N4O6. The number of ether oxygens (including phenoxy) is 1. The Morgan fingerprint density at radius 2 is 1.55 bits per heavy atom. The molecule has 0 aromatic heterocycles. The van der Waals surface area contributed by atoms with E-state index in [0.717, 1.165) is 16.7 Å². The van der Waals surface area contributed by atoms with Gasteiger partial charge in [-0.1, -0.05) is 66.7 Å². The quantitative estimate of drug-likeness (QED) is 0.148. The van der Waals surface area contributed by atoms with Gasteiger partial charge in [-0.05, 0) is 34.4 Å². The Kier molecular flexibility index (Phi) is 9.95. The molecule has 0 saturated carbocycles. The maximum Gasteiger partial charge on any atom is 0.322 e. The number of rotatable bonds is 11. The molecule has 10 heteroatoms. The van der Waals surface area contributed by atoms with Crippen molar-refractivity contribution in [2.75, 3.05) is 18.4 Å². The third-order valence-corrected chi connectivity index (χ3v) is 5.64. The number of carbonyl (C=O) groups is 4. The molecule has 6 N–H and O–H groups in total. The highest BCUT2D eigenvalue weighted by molar-refractivity contribution is 5.95. The van der Waals surface area contributed by atoms with Gasteiger partial charge in [0.1, 0.15) is 6.61 Å². The molecule has 10 nitrogen and oxygen atoms in total. The first-order chi connectivity index (χ1) is 18.2. The summed E-state index contributed by atoms with van der Waals surface area (Å²) in [5.74, 6) is -4.02. The summed E-state index contributed by atoms with van der Waals surface area (Å²) < 4.78 is 5.22. The number of nitrogens with one attached hydrogen (secondary N) is 3. The lowest BCUT2D eigenvalue weighted by Crippen LogP contribution is -2.36. The van der Waals surface area contributed by atoms with Crippen molar-refractivity contribution in [2.24, 2.45) is 11.7 Å². The van der Waals surface area contributed by atoms with Gasteiger partial charge < -0.3 is 31.5 Å². The fourth-order valence-corrected chi connectivity index (χ4v) is 3.68. The van der Waals surface area contributed by atoms with Gasteiger partial charge in [-0.15, -0.1) is 0 Å². The number of carbonyl (C=O) groups excluding carboxylic acids is 3. The molecule has 0 fully saturated rings. The Morgan fingerprint density at radius 3 is 2.21 bits per heavy atom. The number of hydrogen-bond acceptors (Lipinski definition) is 6. The Hall–Kier alpha value is -4.70. The minimum Gasteiger partial charge on any atom is -0.481 e. The molecule has 3 aromatic carbocycles. The van der Waals surface area contributed by atoms with E-state index >= 15 is 0 Å². The maximum absolute atomic E-state index is 12.6. The molecule has 0 heterocycles. The second-order valence-electron chi connectivity index (χ2n) is 8.50. The summed E-state index contributed by atoms with van der Waals surface area (Å²) in [6, 6.07) is 21.4. The molecule has 0 bridgehead atoms. The van der Waals surface area contributed by atoms with Crippen LogP contribution in [-0.2, 0) is 25.7 Å². The number of urea groups is 1. The first-order valence-corrected chi connectivity index (χ1v) is 11.9. The van der Waals surface area contributed by atoms with Crippen LogP contribution < -0.4 is 21.7 Å². The number of aliphatic carboxylic acids is 1. The van der Waals surface area contributed by atoms with Crippen molar-refractivity contribution in [1.82, 2.24) is 10.6 Å². The molecule has 0 saturated heterocycles. The standard InChI is InChI=1S/C28H30N4O6/c1-18(33)30-14-15-31-28(37)32-23-9-5-8-22(16-23)20-10-12-21(13-11-20)25(29)24(26(34)35)27(36)38-17-19-6-3-2-4-7-19/h2-13,16,24-25H,14-15,17,29H2,1H3,(H,30,33)(H,34,35)(H2,31,32,37)/t24-,25-/m1/s1. The van der Waals surface area contributed by atoms with E-state index in [-0.39, 0.29) is 19.1 Å². The summed E-state index contributed by atoms with van der Waals surface area (Å²) in [6.07, 6.45) is 0. The number of carboxylic acid groups (broad SMARTS) is 1. The third-order valence-electron chi connectivity index (χ3n) is 5.64. The summed E-state index contributed by atoms with van der Waals surface area (Å²) in [4.78, 5) is 47.4. The number of amides is 3. The van der Waals surface area contributed by atoms with E-state index in [2.05, 4.69) is 16.0 Å². The fraction of sp³-hybridized carbons (Fsp3) is 0.214. The zero-order valence-corrected chi connectivity index (χ0v) is 20.8. The first kappa shape index (κ1) is 27.9. The number of carboxylic acids is 1. The van der Waals surface area contributed by atoms with Crippen LogP contribution in [0.15, 0.2) is 78.9 Å². The Bertz CT molecular complexity index is 1260. The van der Waals surface area contributed by atoms with E-state index in [9.17, 15) is 24.3 Å². The average Bonchev–Trinajstić information content (AvgIpc) is 2.90. The average molecular weight is 519 g/mol. The van der Waals surface area contributed by atoms with Crippen LogP contribution in [0.2, 0.25) is 0 Å². The van der Waals surface area contributed by atoms with Crippen LogP contribution in [0.5, 0.6) is 0 Å². The summed E-state index contributed by atoms with van der Waals surface area (Å²) >= 11 is 0. The van der Waals surface area contributed by atoms with E-state index in [1.165, 1.54) is 6.92 Å². The van der Waals surface area contributed by atoms with Gasteiger partial charge in [0.05, 0.1) is 6.04 Å². The van der Waals surface area contributed by atoms with Crippen LogP contribution in [0.3, 0.4) is 0 Å². The van der Waals surface area contributed by atoms with Gasteiger partial charge in [0.15, 0.2) is 5.92 Å². The SMILES string of the molecule is CC(=O)NCCNC(=O)Nc1cccc(-c2ccc([C@@H](N)[C@H](C(=O)O)C(=O)OCc3ccccc3)cc2)c1. The highest BCUT2D eigenvalue weighted by Crippen LogP contribution is 2.27. The minimum absolute atomic E-state index is 0.0488. The molecule has 3 rings (SSSR count). The zero-order valence-electron chi connectivity index (χ0n) is 20.8. The molecule has 0 aliphatic rings. The summed E-state index contributed by atoms with van der Waals surface area (Å²) in [5, 5.41) is 17.6. The second kappa shape index (κ2) is 13.6. The summed E-state index contributed by atoms with van der Waals surface area (Å²) in [7, 11) is 0. The molecule has 3 aromatic rings. The highest BCUT2D eigenvalue weighted by Gasteiger charge is 2.35. The normalized spacial score (nSPS) is 12.1. The number of nitrogens with two attached hydrogens (primary N) is 1. The maximum atomic E-state index is 12.6. The lowest BCUT2D eigenvalue weighted by atomic mass is 9.92. The minimum atomic E-state index is -1.57. The fourth-order valence-electron chi connectivity index (χ4n) is 3.68. The van der Waals surface area contributed by atoms with Crippen LogP contribution in [0.1, 0.15) is 24.1 Å². The predicted molar refractivity (Wildman–Crippen MR) is 142 cm³/mol. The van der Waals surface area contributed by atoms with Crippen molar-refractivity contribution < 1.29 is 29.0 Å². The molecular weight excluding hydrogens is 488 g/mol. The van der Waals surface area contributed by atoms with Crippen LogP contribution in [-0.4, -0.2) is 42.1 Å². The topological polar surface area (TPSA) is 160 Å². The molecule has 38 heavy (non-hydrogen) atoms. The van der Waals surface area contributed by atoms with Gasteiger partial charge in [-0.3, -0.25) is 14.4 Å². The molecule has 0 radical (unpaired) electrons. The number of benzene rings is 3. The number of esters is 1. The van der Waals surface area contributed by atoms with Gasteiger partial charge in [0.2, 0.25) is 5.91 Å². The van der Waals surface area contributed by atoms with Gasteiger partial charge in [-0.25, -0.2) is 4.79 Å². The van der Waals surface area contributed by atoms with Gasteiger partial charge >= 0.3 is 18.0 Å². The lowest BCUT2D eigenvalue weighted by Gasteiger charge is -2.20. The van der Waals surface area contributed by atoms with E-state index in [0.29, 0.717) is 17.8 Å². The van der Waals surface area contributed by atoms with Crippen molar-refractivity contribution in [3.05, 3.63) is 90.0 Å². The molecule has 0 aliphatic carbocycles. The molecule has 3 amide bonds. The molecule has 0 spiro atoms. The van der Waals surface area contributed by atoms with Crippen molar-refractivity contribution in [1.29, 1.82) is 0 Å². The lowest BCUT2D eigenvalue weighted by molar-refractivity contribution is -0.160. The van der Waals surface area contributed by atoms with Gasteiger partial charge in [-0.2, -0.15) is 0 Å². The van der Waals surface area contributed by atoms with Crippen molar-refractivity contribution in [2.45, 2.75) is 19.6 Å². The third kappa shape index (κ3) is 8.17. The van der Waals surface area contributed by atoms with Crippen molar-refractivity contribution in [3.8, 4) is 11.1 Å². The largest absolute Gasteiger partial charge is 0.481 e. The molecule has 0 aliphatic heterocycles. The smallest absolute Gasteiger partial charge is 0.322 e. The van der Waals surface area contributed by atoms with Crippen LogP contribution in [0, 0.1) is 5.92 Å². The Balaban J connectivity index is 1.63. The van der Waals surface area contributed by atoms with Crippen LogP contribution in [0.25, 0.3) is 11.1 Å². The van der Waals surface area contributed by atoms with E-state index in [1.54, 1.807) is 66.7 Å². The molecule has 198 valence electrons. The van der Waals surface area contributed by atoms with E-state index in [4.69, 9.17) is 10.5 Å². The molecule has 2 atom stereocenters. The highest BCUT2D eigenvalue weighted by atomic mass is 16.5. The number of anilines is 1. The summed E-state index contributed by atoms with van der Waals surface area (Å²) in [5.41, 5.74) is 9.55. The van der Waals surface area contributed by atoms with Crippen LogP contribution >= 0.6 is 0 Å². The predicted octanol–water partition coefficient (Wildman–Crippen LogP) is 3.06. The first-order valence-electron chi connectivity index (χ1n) is 11.9. The monoisotopic (exact) mass is 518 g/mol. The van der Waals surface area contributed by atoms with Crippen LogP contribution in [0.4, 0.5) is 10.5 Å². The van der Waals surface area contributed by atoms with E-state index < -0.39 is 29.9 Å². The Labute approximate surface area is 220 Å². The van der Waals surface area contributed by atoms with E-state index in [1.807, 2.05) is 12.1 Å². The second-order valence-corrected chi connectivity index (χ2v) is 8.50. The Morgan fingerprint density at radius 1 is 0.868 bits per heavy atom. The zero-order chi connectivity index (χ0) is 27.5. The number of hydrogen-bond donors (Lipinski definition) is 5. The summed E-state index contributed by atoms with van der Waals surface area (Å²) in [6.45, 7) is 1.96. The van der Waals surface area contributed by atoms with Crippen molar-refractivity contribution >= 4 is 29.6 Å². The van der Waals surface area contributed by atoms with Gasteiger partial charge in [0, 0.05) is 25.7 Å². The van der Waals surface area contributed by atoms with Gasteiger partial charge in [0.25, 0.3) is 0 Å². The van der Waals surface area contributed by atoms with Crippen molar-refractivity contribution in [3.63, 3.8) is 0 Å².